The second-order valence-corrected chi connectivity index (χ2v) is 9.21. The van der Waals surface area contributed by atoms with Gasteiger partial charge in [-0.2, -0.15) is 5.26 Å². The van der Waals surface area contributed by atoms with Crippen molar-refractivity contribution in [3.8, 4) is 11.8 Å². The van der Waals surface area contributed by atoms with Crippen LogP contribution in [0.25, 0.3) is 0 Å². The number of Topliss-reactive ketones (excluding diaryl/α,β-unsaturated/α-hetero) is 1. The minimum Gasteiger partial charge on any atom is -0.497 e. The number of carbonyl (C=O) groups excluding carboxylic acids is 1. The van der Waals surface area contributed by atoms with Crippen LogP contribution in [0.2, 0.25) is 0 Å². The van der Waals surface area contributed by atoms with Gasteiger partial charge in [0.2, 0.25) is 0 Å². The first-order valence-electron chi connectivity index (χ1n) is 11.9. The number of aliphatic imine (C=N–C) groups is 1. The Balaban J connectivity index is 1.62. The fourth-order valence-electron chi connectivity index (χ4n) is 5.63. The summed E-state index contributed by atoms with van der Waals surface area (Å²) in [5.41, 5.74) is 11.9. The smallest absolute Gasteiger partial charge is 0.162 e. The zero-order valence-corrected chi connectivity index (χ0v) is 19.8. The molecule has 1 aliphatic carbocycles. The number of allylic oxidation sites excluding steroid dienone is 3. The highest BCUT2D eigenvalue weighted by Gasteiger charge is 2.45. The highest BCUT2D eigenvalue weighted by Crippen LogP contribution is 2.51. The Morgan fingerprint density at radius 2 is 1.75 bits per heavy atom. The van der Waals surface area contributed by atoms with E-state index in [1.807, 2.05) is 71.6 Å². The van der Waals surface area contributed by atoms with Crippen LogP contribution < -0.4 is 15.4 Å². The molecule has 2 unspecified atom stereocenters. The minimum atomic E-state index is -0.544. The third-order valence-corrected chi connectivity index (χ3v) is 7.25. The van der Waals surface area contributed by atoms with E-state index in [1.54, 1.807) is 7.11 Å². The van der Waals surface area contributed by atoms with Gasteiger partial charge in [0.25, 0.3) is 0 Å². The van der Waals surface area contributed by atoms with E-state index in [1.165, 1.54) is 0 Å². The number of ether oxygens (including phenoxy) is 1. The van der Waals surface area contributed by atoms with E-state index in [4.69, 9.17) is 15.5 Å². The third kappa shape index (κ3) is 3.32. The Morgan fingerprint density at radius 3 is 2.53 bits per heavy atom. The second kappa shape index (κ2) is 8.54. The molecule has 3 aromatic rings. The first-order valence-corrected chi connectivity index (χ1v) is 11.9. The van der Waals surface area contributed by atoms with Crippen LogP contribution in [0, 0.1) is 11.3 Å². The topological polar surface area (TPSA) is 91.7 Å². The van der Waals surface area contributed by atoms with Crippen molar-refractivity contribution >= 4 is 17.3 Å². The molecule has 0 aromatic heterocycles. The summed E-state index contributed by atoms with van der Waals surface area (Å²) >= 11 is 0. The number of hydrogen-bond acceptors (Lipinski definition) is 6. The van der Waals surface area contributed by atoms with Gasteiger partial charge in [0.1, 0.15) is 11.6 Å². The monoisotopic (exact) mass is 472 g/mol. The molecule has 3 aliphatic rings. The number of rotatable bonds is 3. The molecule has 176 valence electrons. The first-order chi connectivity index (χ1) is 17.6. The summed E-state index contributed by atoms with van der Waals surface area (Å²) in [5, 5.41) is 10.4. The largest absolute Gasteiger partial charge is 0.497 e. The standard InChI is InChI=1S/C30H24N4O2/c1-36-21-11-7-10-19(14-21)27-23(17-31)30-33-29(32)22-12-5-6-13-24(22)34(30)25-15-20(16-26(35)28(25)27)18-8-3-2-4-9-18/h2-14,20,27H,15-16H2,1H3,(H2,32,33). The number of nitriles is 1. The van der Waals surface area contributed by atoms with E-state index in [0.717, 1.165) is 28.1 Å². The lowest BCUT2D eigenvalue weighted by Crippen LogP contribution is -2.40. The molecule has 0 spiro atoms. The Kier molecular flexibility index (Phi) is 5.19. The van der Waals surface area contributed by atoms with Crippen LogP contribution in [-0.4, -0.2) is 18.7 Å². The van der Waals surface area contributed by atoms with E-state index in [0.29, 0.717) is 41.4 Å². The molecule has 0 saturated carbocycles. The van der Waals surface area contributed by atoms with E-state index in [9.17, 15) is 10.1 Å². The number of para-hydroxylation sites is 1. The summed E-state index contributed by atoms with van der Waals surface area (Å²) in [7, 11) is 1.61. The maximum absolute atomic E-state index is 14.0. The van der Waals surface area contributed by atoms with Crippen LogP contribution in [0.3, 0.4) is 0 Å². The van der Waals surface area contributed by atoms with E-state index in [-0.39, 0.29) is 11.7 Å². The number of hydrogen-bond donors (Lipinski definition) is 1. The summed E-state index contributed by atoms with van der Waals surface area (Å²) in [5.74, 6) is 1.05. The van der Waals surface area contributed by atoms with E-state index in [2.05, 4.69) is 18.2 Å². The van der Waals surface area contributed by atoms with Crippen LogP contribution in [0.1, 0.15) is 41.4 Å². The number of nitrogens with two attached hydrogens (primary N) is 1. The van der Waals surface area contributed by atoms with Crippen LogP contribution in [-0.2, 0) is 4.79 Å². The number of anilines is 1. The van der Waals surface area contributed by atoms with Crippen molar-refractivity contribution < 1.29 is 9.53 Å². The lowest BCUT2D eigenvalue weighted by molar-refractivity contribution is -0.116. The molecular weight excluding hydrogens is 448 g/mol. The summed E-state index contributed by atoms with van der Waals surface area (Å²) in [4.78, 5) is 20.7. The third-order valence-electron chi connectivity index (χ3n) is 7.25. The molecule has 36 heavy (non-hydrogen) atoms. The lowest BCUT2D eigenvalue weighted by atomic mass is 9.71. The van der Waals surface area contributed by atoms with Gasteiger partial charge in [0.05, 0.1) is 30.4 Å². The highest BCUT2D eigenvalue weighted by molar-refractivity contribution is 6.08. The average Bonchev–Trinajstić information content (AvgIpc) is 2.92. The molecule has 6 nitrogen and oxygen atoms in total. The van der Waals surface area contributed by atoms with Gasteiger partial charge in [0, 0.05) is 23.3 Å². The van der Waals surface area contributed by atoms with Gasteiger partial charge in [0.15, 0.2) is 11.6 Å². The molecule has 0 saturated heterocycles. The Hall–Kier alpha value is -4.63. The zero-order valence-electron chi connectivity index (χ0n) is 19.8. The van der Waals surface area contributed by atoms with Crippen molar-refractivity contribution in [3.05, 3.63) is 118 Å². The molecule has 3 aromatic carbocycles. The highest BCUT2D eigenvalue weighted by atomic mass is 16.5. The van der Waals surface area contributed by atoms with Crippen molar-refractivity contribution in [3.63, 3.8) is 0 Å². The molecule has 0 radical (unpaired) electrons. The molecule has 6 rings (SSSR count). The molecule has 2 heterocycles. The number of fused-ring (bicyclic) bond motifs is 4. The molecule has 0 amide bonds. The second-order valence-electron chi connectivity index (χ2n) is 9.21. The van der Waals surface area contributed by atoms with Crippen LogP contribution in [0.4, 0.5) is 5.69 Å². The fourth-order valence-corrected chi connectivity index (χ4v) is 5.63. The van der Waals surface area contributed by atoms with E-state index < -0.39 is 5.92 Å². The van der Waals surface area contributed by atoms with Gasteiger partial charge < -0.3 is 10.5 Å². The molecule has 0 bridgehead atoms. The number of methoxy groups -OCH3 is 1. The van der Waals surface area contributed by atoms with Crippen LogP contribution >= 0.6 is 0 Å². The normalized spacial score (nSPS) is 20.7. The summed E-state index contributed by atoms with van der Waals surface area (Å²) in [6.45, 7) is 0. The van der Waals surface area contributed by atoms with Gasteiger partial charge in [-0.25, -0.2) is 4.99 Å². The quantitative estimate of drug-likeness (QED) is 0.569. The SMILES string of the molecule is COc1cccc(C2C(C#N)=C3N=C(N)c4ccccc4N3C3=C2C(=O)CC(c2ccccc2)C3)c1. The van der Waals surface area contributed by atoms with Crippen LogP contribution in [0.5, 0.6) is 5.75 Å². The average molecular weight is 473 g/mol. The van der Waals surface area contributed by atoms with Gasteiger partial charge in [-0.1, -0.05) is 54.6 Å². The Morgan fingerprint density at radius 1 is 1.00 bits per heavy atom. The number of nitrogens with zero attached hydrogens (tertiary/aromatic N) is 3. The number of ketones is 1. The van der Waals surface area contributed by atoms with Crippen molar-refractivity contribution in [2.24, 2.45) is 10.7 Å². The lowest BCUT2D eigenvalue weighted by Gasteiger charge is -2.43. The maximum Gasteiger partial charge on any atom is 0.162 e. The van der Waals surface area contributed by atoms with Gasteiger partial charge in [-0.05, 0) is 47.7 Å². The summed E-state index contributed by atoms with van der Waals surface area (Å²) in [6.07, 6.45) is 1.04. The molecule has 2 N–H and O–H groups in total. The first kappa shape index (κ1) is 21.9. The van der Waals surface area contributed by atoms with Gasteiger partial charge in [-0.15, -0.1) is 0 Å². The maximum atomic E-state index is 14.0. The number of carbonyl (C=O) groups is 1. The molecule has 6 heteroatoms. The van der Waals surface area contributed by atoms with Crippen molar-refractivity contribution in [1.29, 1.82) is 5.26 Å². The molecular formula is C30H24N4O2. The van der Waals surface area contributed by atoms with Crippen molar-refractivity contribution in [2.75, 3.05) is 12.0 Å². The Bertz CT molecular complexity index is 1530. The number of amidine groups is 1. The Labute approximate surface area is 209 Å². The van der Waals surface area contributed by atoms with Crippen molar-refractivity contribution in [1.82, 2.24) is 0 Å². The van der Waals surface area contributed by atoms with Gasteiger partial charge in [-0.3, -0.25) is 9.69 Å². The predicted molar refractivity (Wildman–Crippen MR) is 138 cm³/mol. The molecule has 2 atom stereocenters. The molecule has 2 aliphatic heterocycles. The van der Waals surface area contributed by atoms with Gasteiger partial charge >= 0.3 is 0 Å². The van der Waals surface area contributed by atoms with Crippen LogP contribution in [0.15, 0.2) is 107 Å². The van der Waals surface area contributed by atoms with E-state index >= 15 is 0 Å². The number of benzene rings is 3. The predicted octanol–water partition coefficient (Wildman–Crippen LogP) is 5.15. The summed E-state index contributed by atoms with van der Waals surface area (Å²) < 4.78 is 5.46. The van der Waals surface area contributed by atoms with Crippen molar-refractivity contribution in [2.45, 2.75) is 24.7 Å². The minimum absolute atomic E-state index is 0.0312. The summed E-state index contributed by atoms with van der Waals surface area (Å²) in [6, 6.07) is 27.8. The fraction of sp³-hybridized carbons (Fsp3) is 0.167. The zero-order chi connectivity index (χ0) is 24.8. The molecule has 0 fully saturated rings.